The van der Waals surface area contributed by atoms with Crippen molar-refractivity contribution in [3.8, 4) is 17.0 Å². The van der Waals surface area contributed by atoms with Gasteiger partial charge in [-0.05, 0) is 74.6 Å². The van der Waals surface area contributed by atoms with Crippen molar-refractivity contribution in [3.05, 3.63) is 80.3 Å². The number of fused-ring (bicyclic) bond motifs is 1. The predicted molar refractivity (Wildman–Crippen MR) is 193 cm³/mol. The maximum atomic E-state index is 15.0. The van der Waals surface area contributed by atoms with Gasteiger partial charge in [0.15, 0.2) is 17.5 Å². The van der Waals surface area contributed by atoms with E-state index in [2.05, 4.69) is 28.3 Å². The summed E-state index contributed by atoms with van der Waals surface area (Å²) in [6.45, 7) is 17.1. The summed E-state index contributed by atoms with van der Waals surface area (Å²) in [4.78, 5) is 31.5. The Balaban J connectivity index is 0.00000169. The average molecular weight is 756 g/mol. The van der Waals surface area contributed by atoms with E-state index in [1.807, 2.05) is 32.6 Å². The van der Waals surface area contributed by atoms with Gasteiger partial charge in [-0.15, -0.1) is 0 Å². The van der Waals surface area contributed by atoms with E-state index in [0.717, 1.165) is 31.0 Å². The minimum atomic E-state index is -6.04. The van der Waals surface area contributed by atoms with Crippen molar-refractivity contribution in [2.45, 2.75) is 79.8 Å². The Bertz CT molecular complexity index is 2040. The van der Waals surface area contributed by atoms with E-state index in [9.17, 15) is 35.6 Å². The summed E-state index contributed by atoms with van der Waals surface area (Å²) in [7, 11) is -6.04. The second-order valence-corrected chi connectivity index (χ2v) is 14.1. The molecule has 1 N–H and O–H groups in total. The van der Waals surface area contributed by atoms with Crippen LogP contribution in [0.1, 0.15) is 88.8 Å². The zero-order chi connectivity index (χ0) is 38.5. The maximum absolute atomic E-state index is 15.0. The topological polar surface area (TPSA) is 119 Å². The number of carbonyl (C=O) groups excluding carboxylic acids is 1. The molecule has 0 saturated carbocycles. The fourth-order valence-electron chi connectivity index (χ4n) is 5.42. The van der Waals surface area contributed by atoms with E-state index in [0.29, 0.717) is 35.8 Å². The average Bonchev–Trinajstić information content (AvgIpc) is 3.08. The second kappa shape index (κ2) is 16.4. The number of piperidine rings is 1. The zero-order valence-electron chi connectivity index (χ0n) is 29.7. The lowest BCUT2D eigenvalue weighted by atomic mass is 9.82. The number of aldehydes is 1. The largest absolute Gasteiger partial charge is 0.534 e. The number of hydrogen-bond donors (Lipinski definition) is 1. The molecule has 1 aliphatic rings. The molecule has 2 aromatic carbocycles. The van der Waals surface area contributed by atoms with Crippen LogP contribution < -0.4 is 19.8 Å². The van der Waals surface area contributed by atoms with Crippen LogP contribution in [0.15, 0.2) is 51.7 Å². The molecule has 1 saturated heterocycles. The number of halogens is 5. The van der Waals surface area contributed by atoms with Crippen LogP contribution in [0.2, 0.25) is 5.15 Å². The van der Waals surface area contributed by atoms with Crippen molar-refractivity contribution in [3.63, 3.8) is 0 Å². The van der Waals surface area contributed by atoms with Crippen LogP contribution in [0.25, 0.3) is 22.2 Å². The predicted octanol–water partition coefficient (Wildman–Crippen LogP) is 9.85. The van der Waals surface area contributed by atoms with E-state index < -0.39 is 38.8 Å². The van der Waals surface area contributed by atoms with Gasteiger partial charge in [0.05, 0.1) is 33.9 Å². The number of pyridine rings is 1. The standard InChI is InChI=1S/C32H30ClF4N3O6S.2C2H6/c1-17-28(42)23-15-21(34)14-22(29(23)45-30(17)40-11-9-31(3,4)10-12-40)18(2)38-24-6-8-26(33)39-27(24)19-5-7-25(20(13-19)16-41)46-47(43,44)32(35,36)37;2*1-2/h5-8,13-16,18,38H,9-12H2,1-4H3;2*1-2H3. The maximum Gasteiger partial charge on any atom is 0.534 e. The van der Waals surface area contributed by atoms with Crippen LogP contribution in [0.4, 0.5) is 29.1 Å². The Labute approximate surface area is 300 Å². The first-order chi connectivity index (χ1) is 23.9. The Morgan fingerprint density at radius 1 is 1.06 bits per heavy atom. The summed E-state index contributed by atoms with van der Waals surface area (Å²) >= 11 is 6.16. The monoisotopic (exact) mass is 755 g/mol. The molecule has 0 amide bonds. The molecule has 1 aliphatic heterocycles. The number of benzene rings is 2. The number of hydrogen-bond acceptors (Lipinski definition) is 9. The molecule has 15 heteroatoms. The molecule has 3 heterocycles. The molecule has 278 valence electrons. The van der Waals surface area contributed by atoms with Crippen LogP contribution in [0.5, 0.6) is 5.75 Å². The van der Waals surface area contributed by atoms with E-state index in [-0.39, 0.29) is 44.5 Å². The van der Waals surface area contributed by atoms with Gasteiger partial charge in [-0.3, -0.25) is 9.59 Å². The van der Waals surface area contributed by atoms with Gasteiger partial charge in [0.25, 0.3) is 0 Å². The summed E-state index contributed by atoms with van der Waals surface area (Å²) < 4.78 is 87.2. The SMILES string of the molecule is CC.CC.Cc1c(N2CCC(C)(C)CC2)oc2c(C(C)Nc3ccc(Cl)nc3-c3ccc(OS(=O)(=O)C(F)(F)F)c(C=O)c3)cc(F)cc2c1=O. The Hall–Kier alpha value is -4.17. The Morgan fingerprint density at radius 2 is 1.69 bits per heavy atom. The molecule has 4 aromatic rings. The van der Waals surface area contributed by atoms with Gasteiger partial charge in [-0.1, -0.05) is 53.1 Å². The third-order valence-corrected chi connectivity index (χ3v) is 9.36. The van der Waals surface area contributed by atoms with Crippen LogP contribution in [0, 0.1) is 18.2 Å². The van der Waals surface area contributed by atoms with Crippen LogP contribution >= 0.6 is 11.6 Å². The van der Waals surface area contributed by atoms with Crippen LogP contribution in [-0.2, 0) is 10.1 Å². The first-order valence-electron chi connectivity index (χ1n) is 16.5. The number of nitrogens with zero attached hydrogens (tertiary/aromatic N) is 2. The first-order valence-corrected chi connectivity index (χ1v) is 18.2. The molecule has 9 nitrogen and oxygen atoms in total. The van der Waals surface area contributed by atoms with E-state index >= 15 is 0 Å². The van der Waals surface area contributed by atoms with Crippen molar-refractivity contribution in [2.24, 2.45) is 5.41 Å². The van der Waals surface area contributed by atoms with Crippen molar-refractivity contribution in [2.75, 3.05) is 23.3 Å². The fourth-order valence-corrected chi connectivity index (χ4v) is 6.05. The zero-order valence-corrected chi connectivity index (χ0v) is 31.2. The smallest absolute Gasteiger partial charge is 0.440 e. The quantitative estimate of drug-likeness (QED) is 0.0616. The van der Waals surface area contributed by atoms with E-state index in [1.54, 1.807) is 19.9 Å². The minimum absolute atomic E-state index is 0.0258. The van der Waals surface area contributed by atoms with Gasteiger partial charge in [-0.25, -0.2) is 9.37 Å². The summed E-state index contributed by atoms with van der Waals surface area (Å²) in [6, 6.07) is 7.86. The van der Waals surface area contributed by atoms with Crippen LogP contribution in [-0.4, -0.2) is 38.3 Å². The number of aromatic nitrogens is 1. The molecule has 0 radical (unpaired) electrons. The molecule has 1 fully saturated rings. The van der Waals surface area contributed by atoms with Crippen LogP contribution in [0.3, 0.4) is 0 Å². The summed E-state index contributed by atoms with van der Waals surface area (Å²) in [5.74, 6) is -1.08. The van der Waals surface area contributed by atoms with E-state index in [4.69, 9.17) is 16.0 Å². The normalized spacial score (nSPS) is 14.8. The third kappa shape index (κ3) is 9.20. The fraction of sp³-hybridized carbons (Fsp3) is 0.417. The van der Waals surface area contributed by atoms with E-state index in [1.165, 1.54) is 18.2 Å². The molecule has 1 atom stereocenters. The first kappa shape index (κ1) is 41.3. The molecular weight excluding hydrogens is 714 g/mol. The van der Waals surface area contributed by atoms with Crippen molar-refractivity contribution >= 4 is 50.5 Å². The lowest BCUT2D eigenvalue weighted by molar-refractivity contribution is -0.0500. The van der Waals surface area contributed by atoms with Gasteiger partial charge in [-0.2, -0.15) is 21.6 Å². The number of carbonyl (C=O) groups is 1. The number of anilines is 2. The molecule has 51 heavy (non-hydrogen) atoms. The Kier molecular flexibility index (Phi) is 13.3. The highest BCUT2D eigenvalue weighted by Crippen LogP contribution is 2.38. The molecule has 0 spiro atoms. The number of nitrogens with one attached hydrogen (secondary N) is 1. The minimum Gasteiger partial charge on any atom is -0.440 e. The number of alkyl halides is 3. The molecular formula is C36H42ClF4N3O6S. The highest BCUT2D eigenvalue weighted by Gasteiger charge is 2.48. The van der Waals surface area contributed by atoms with Crippen molar-refractivity contribution in [1.29, 1.82) is 0 Å². The van der Waals surface area contributed by atoms with Gasteiger partial charge in [0.1, 0.15) is 16.6 Å². The van der Waals surface area contributed by atoms with Gasteiger partial charge in [0, 0.05) is 24.2 Å². The summed E-state index contributed by atoms with van der Waals surface area (Å²) in [5.41, 5.74) is -4.91. The second-order valence-electron chi connectivity index (χ2n) is 12.1. The summed E-state index contributed by atoms with van der Waals surface area (Å²) in [5, 5.41) is 3.30. The highest BCUT2D eigenvalue weighted by atomic mass is 35.5. The van der Waals surface area contributed by atoms with Gasteiger partial charge in [0.2, 0.25) is 5.88 Å². The summed E-state index contributed by atoms with van der Waals surface area (Å²) in [6.07, 6.45) is 1.92. The molecule has 2 aromatic heterocycles. The lowest BCUT2D eigenvalue weighted by Crippen LogP contribution is -2.38. The molecule has 5 rings (SSSR count). The Morgan fingerprint density at radius 3 is 2.27 bits per heavy atom. The number of rotatable bonds is 8. The molecule has 0 aliphatic carbocycles. The van der Waals surface area contributed by atoms with Crippen molar-refractivity contribution in [1.82, 2.24) is 4.98 Å². The van der Waals surface area contributed by atoms with Crippen molar-refractivity contribution < 1.29 is 39.4 Å². The third-order valence-electron chi connectivity index (χ3n) is 8.18. The molecule has 0 bridgehead atoms. The highest BCUT2D eigenvalue weighted by molar-refractivity contribution is 7.88. The van der Waals surface area contributed by atoms with Gasteiger partial charge >= 0.3 is 15.6 Å². The van der Waals surface area contributed by atoms with Gasteiger partial charge < -0.3 is 18.8 Å². The lowest BCUT2D eigenvalue weighted by Gasteiger charge is -2.37. The molecule has 1 unspecified atom stereocenters.